The Morgan fingerprint density at radius 2 is 2.00 bits per heavy atom. The number of piperidine rings is 1. The van der Waals surface area contributed by atoms with Crippen molar-refractivity contribution in [2.45, 2.75) is 32.2 Å². The van der Waals surface area contributed by atoms with Crippen molar-refractivity contribution in [1.82, 2.24) is 19.7 Å². The van der Waals surface area contributed by atoms with Crippen molar-refractivity contribution in [3.8, 4) is 28.5 Å². The summed E-state index contributed by atoms with van der Waals surface area (Å²) in [6, 6.07) is 10.6. The Bertz CT molecular complexity index is 1550. The van der Waals surface area contributed by atoms with E-state index in [9.17, 15) is 10.1 Å². The maximum atomic E-state index is 11.6. The predicted molar refractivity (Wildman–Crippen MR) is 133 cm³/mol. The molecule has 174 valence electrons. The van der Waals surface area contributed by atoms with Gasteiger partial charge in [-0.25, -0.2) is 4.98 Å². The number of likely N-dealkylation sites (tertiary alicyclic amines) is 1. The summed E-state index contributed by atoms with van der Waals surface area (Å²) in [5, 5.41) is 14.9. The van der Waals surface area contributed by atoms with E-state index in [1.54, 1.807) is 13.1 Å². The largest absolute Gasteiger partial charge is 0.452 e. The fourth-order valence-corrected chi connectivity index (χ4v) is 5.12. The lowest BCUT2D eigenvalue weighted by atomic mass is 10.0. The first-order valence-electron chi connectivity index (χ1n) is 11.7. The number of carbonyl (C=O) groups excluding carboxylic acids is 1. The van der Waals surface area contributed by atoms with Gasteiger partial charge in [0.2, 0.25) is 5.91 Å². The average Bonchev–Trinajstić information content (AvgIpc) is 3.62. The van der Waals surface area contributed by atoms with E-state index < -0.39 is 0 Å². The third-order valence-corrected chi connectivity index (χ3v) is 7.12. The Balaban J connectivity index is 1.34. The number of aromatic nitrogens is 3. The van der Waals surface area contributed by atoms with E-state index in [1.807, 2.05) is 52.3 Å². The van der Waals surface area contributed by atoms with Gasteiger partial charge in [-0.05, 0) is 42.5 Å². The number of nitrogen functional groups attached to an aromatic ring is 1. The van der Waals surface area contributed by atoms with E-state index in [4.69, 9.17) is 10.2 Å². The van der Waals surface area contributed by atoms with Gasteiger partial charge < -0.3 is 15.1 Å². The number of nitriles is 1. The lowest BCUT2D eigenvalue weighted by molar-refractivity contribution is -0.130. The van der Waals surface area contributed by atoms with Gasteiger partial charge in [0.1, 0.15) is 5.76 Å². The topological polar surface area (TPSA) is 114 Å². The molecule has 8 nitrogen and oxygen atoms in total. The van der Waals surface area contributed by atoms with E-state index in [1.165, 1.54) is 0 Å². The Morgan fingerprint density at radius 1 is 1.17 bits per heavy atom. The molecule has 1 aliphatic carbocycles. The van der Waals surface area contributed by atoms with Crippen molar-refractivity contribution >= 4 is 28.3 Å². The van der Waals surface area contributed by atoms with Gasteiger partial charge in [0.15, 0.2) is 11.4 Å². The van der Waals surface area contributed by atoms with E-state index >= 15 is 0 Å². The zero-order valence-electron chi connectivity index (χ0n) is 19.4. The standard InChI is InChI=1S/C27H24N6O2/c1-16(34)32-8-6-21(7-9-32)33-15-20(13-31-33)24-14-30-27(29)26-23(24)11-25(35-26)18-4-2-17-3-5-19(12-28)22(17)10-18/h2,4-5,10-11,13-15,21H,3,6-9H2,1H3,(H2,29,30). The van der Waals surface area contributed by atoms with Crippen LogP contribution in [0, 0.1) is 11.3 Å². The van der Waals surface area contributed by atoms with E-state index in [2.05, 4.69) is 16.2 Å². The molecule has 35 heavy (non-hydrogen) atoms. The Kier molecular flexibility index (Phi) is 4.92. The highest BCUT2D eigenvalue weighted by Crippen LogP contribution is 2.38. The maximum Gasteiger partial charge on any atom is 0.219 e. The molecule has 0 saturated carbocycles. The highest BCUT2D eigenvalue weighted by atomic mass is 16.3. The second kappa shape index (κ2) is 8.13. The first-order valence-corrected chi connectivity index (χ1v) is 11.7. The van der Waals surface area contributed by atoms with Crippen LogP contribution in [-0.4, -0.2) is 38.7 Å². The van der Waals surface area contributed by atoms with Crippen LogP contribution in [0.25, 0.3) is 39.0 Å². The number of pyridine rings is 1. The van der Waals surface area contributed by atoms with Gasteiger partial charge in [-0.15, -0.1) is 0 Å². The molecule has 0 bridgehead atoms. The number of nitrogens with zero attached hydrogens (tertiary/aromatic N) is 5. The van der Waals surface area contributed by atoms with Crippen LogP contribution in [0.3, 0.4) is 0 Å². The highest BCUT2D eigenvalue weighted by molar-refractivity contribution is 6.00. The van der Waals surface area contributed by atoms with Crippen LogP contribution in [0.15, 0.2) is 53.3 Å². The summed E-state index contributed by atoms with van der Waals surface area (Å²) in [5.41, 5.74) is 12.2. The molecule has 2 N–H and O–H groups in total. The molecule has 0 atom stereocenters. The fraction of sp³-hybridized carbons (Fsp3) is 0.259. The van der Waals surface area contributed by atoms with E-state index in [0.717, 1.165) is 65.6 Å². The second-order valence-corrected chi connectivity index (χ2v) is 9.16. The van der Waals surface area contributed by atoms with Crippen molar-refractivity contribution in [1.29, 1.82) is 5.26 Å². The normalized spacial score (nSPS) is 15.8. The Hall–Kier alpha value is -4.38. The summed E-state index contributed by atoms with van der Waals surface area (Å²) in [7, 11) is 0. The van der Waals surface area contributed by atoms with Gasteiger partial charge in [0, 0.05) is 54.5 Å². The lowest BCUT2D eigenvalue weighted by Gasteiger charge is -2.31. The number of hydrogen-bond donors (Lipinski definition) is 1. The number of rotatable bonds is 3. The molecule has 0 radical (unpaired) electrons. The molecule has 1 aliphatic heterocycles. The third kappa shape index (κ3) is 3.56. The average molecular weight is 465 g/mol. The molecule has 2 aliphatic rings. The molecule has 4 heterocycles. The van der Waals surface area contributed by atoms with Crippen LogP contribution in [0.5, 0.6) is 0 Å². The summed E-state index contributed by atoms with van der Waals surface area (Å²) in [6.07, 6.45) is 10.1. The summed E-state index contributed by atoms with van der Waals surface area (Å²) in [4.78, 5) is 17.9. The summed E-state index contributed by atoms with van der Waals surface area (Å²) >= 11 is 0. The Labute approximate surface area is 202 Å². The van der Waals surface area contributed by atoms with Crippen molar-refractivity contribution in [2.75, 3.05) is 18.8 Å². The number of allylic oxidation sites excluding steroid dienone is 2. The molecular weight excluding hydrogens is 440 g/mol. The number of carbonyl (C=O) groups is 1. The first-order chi connectivity index (χ1) is 17.0. The van der Waals surface area contributed by atoms with E-state index in [0.29, 0.717) is 22.7 Å². The van der Waals surface area contributed by atoms with Crippen LogP contribution in [0.1, 0.15) is 36.9 Å². The van der Waals surface area contributed by atoms with Gasteiger partial charge in [-0.3, -0.25) is 9.48 Å². The SMILES string of the molecule is CC(=O)N1CCC(n2cc(-c3cnc(N)c4oc(-c5ccc6c(c5)C(C#N)=CC6)cc34)cn2)CC1. The van der Waals surface area contributed by atoms with Gasteiger partial charge in [-0.2, -0.15) is 10.4 Å². The third-order valence-electron chi connectivity index (χ3n) is 7.12. The van der Waals surface area contributed by atoms with Gasteiger partial charge in [0.05, 0.1) is 23.9 Å². The zero-order valence-corrected chi connectivity index (χ0v) is 19.4. The number of hydrogen-bond acceptors (Lipinski definition) is 6. The zero-order chi connectivity index (χ0) is 24.1. The smallest absolute Gasteiger partial charge is 0.219 e. The van der Waals surface area contributed by atoms with Crippen molar-refractivity contribution in [2.24, 2.45) is 0 Å². The van der Waals surface area contributed by atoms with Crippen LogP contribution in [0.2, 0.25) is 0 Å². The van der Waals surface area contributed by atoms with Crippen LogP contribution >= 0.6 is 0 Å². The number of benzene rings is 1. The summed E-state index contributed by atoms with van der Waals surface area (Å²) < 4.78 is 8.17. The van der Waals surface area contributed by atoms with Gasteiger partial charge >= 0.3 is 0 Å². The number of nitrogens with two attached hydrogens (primary N) is 1. The molecule has 3 aromatic heterocycles. The molecule has 6 rings (SSSR count). The molecule has 8 heteroatoms. The minimum atomic E-state index is 0.124. The molecule has 1 fully saturated rings. The lowest BCUT2D eigenvalue weighted by Crippen LogP contribution is -2.37. The molecule has 1 amide bonds. The molecule has 1 saturated heterocycles. The van der Waals surface area contributed by atoms with Crippen molar-refractivity contribution in [3.63, 3.8) is 0 Å². The Morgan fingerprint density at radius 3 is 2.77 bits per heavy atom. The minimum Gasteiger partial charge on any atom is -0.452 e. The molecule has 4 aromatic rings. The van der Waals surface area contributed by atoms with Crippen LogP contribution in [0.4, 0.5) is 5.82 Å². The summed E-state index contributed by atoms with van der Waals surface area (Å²) in [5.74, 6) is 1.13. The van der Waals surface area contributed by atoms with Crippen molar-refractivity contribution < 1.29 is 9.21 Å². The number of anilines is 1. The van der Waals surface area contributed by atoms with E-state index in [-0.39, 0.29) is 11.9 Å². The number of furan rings is 1. The minimum absolute atomic E-state index is 0.124. The van der Waals surface area contributed by atoms with Gasteiger partial charge in [-0.1, -0.05) is 18.2 Å². The number of fused-ring (bicyclic) bond motifs is 2. The predicted octanol–water partition coefficient (Wildman–Crippen LogP) is 4.59. The maximum absolute atomic E-state index is 11.6. The number of amides is 1. The van der Waals surface area contributed by atoms with Crippen molar-refractivity contribution in [3.05, 3.63) is 60.1 Å². The second-order valence-electron chi connectivity index (χ2n) is 9.16. The molecular formula is C27H24N6O2. The highest BCUT2D eigenvalue weighted by Gasteiger charge is 2.24. The van der Waals surface area contributed by atoms with Crippen LogP contribution < -0.4 is 5.73 Å². The molecule has 0 unspecified atom stereocenters. The van der Waals surface area contributed by atoms with Crippen LogP contribution in [-0.2, 0) is 11.2 Å². The monoisotopic (exact) mass is 464 g/mol. The first kappa shape index (κ1) is 21.2. The van der Waals surface area contributed by atoms with Gasteiger partial charge in [0.25, 0.3) is 0 Å². The summed E-state index contributed by atoms with van der Waals surface area (Å²) in [6.45, 7) is 3.11. The molecule has 1 aromatic carbocycles. The molecule has 0 spiro atoms. The quantitative estimate of drug-likeness (QED) is 0.474. The fourth-order valence-electron chi connectivity index (χ4n) is 5.12.